The molecule has 0 spiro atoms. The van der Waals surface area contributed by atoms with Gasteiger partial charge in [-0.05, 0) is 36.6 Å². The van der Waals surface area contributed by atoms with E-state index in [0.29, 0.717) is 18.1 Å². The maximum absolute atomic E-state index is 13.0. The average molecular weight is 290 g/mol. The topological polar surface area (TPSA) is 63.8 Å². The van der Waals surface area contributed by atoms with Crippen LogP contribution in [0.4, 0.5) is 10.2 Å². The summed E-state index contributed by atoms with van der Waals surface area (Å²) in [4.78, 5) is 8.49. The number of aryl methyl sites for hydroxylation is 1. The van der Waals surface area contributed by atoms with Crippen LogP contribution < -0.4 is 11.1 Å². The fourth-order valence-electron chi connectivity index (χ4n) is 1.81. The lowest BCUT2D eigenvalue weighted by molar-refractivity contribution is 0.625. The number of hydrogen-bond donors (Lipinski definition) is 2. The predicted octanol–water partition coefficient (Wildman–Crippen LogP) is 2.21. The summed E-state index contributed by atoms with van der Waals surface area (Å²) in [5.41, 5.74) is 8.00. The molecule has 0 radical (unpaired) electrons. The molecular weight excluding hydrogens is 275 g/mol. The molecule has 0 bridgehead atoms. The Morgan fingerprint density at radius 2 is 2.15 bits per heavy atom. The van der Waals surface area contributed by atoms with E-state index < -0.39 is 0 Å². The second kappa shape index (κ2) is 6.38. The number of hydrogen-bond acceptors (Lipinski definition) is 4. The van der Waals surface area contributed by atoms with Crippen molar-refractivity contribution in [3.8, 4) is 0 Å². The molecule has 104 valence electrons. The number of nitrogens with zero attached hydrogens (tertiary/aromatic N) is 2. The minimum atomic E-state index is -0.210. The van der Waals surface area contributed by atoms with Crippen molar-refractivity contribution in [3.05, 3.63) is 53.2 Å². The van der Waals surface area contributed by atoms with Gasteiger partial charge in [0.2, 0.25) is 0 Å². The molecule has 1 aromatic heterocycles. The second-order valence-corrected chi connectivity index (χ2v) is 4.84. The lowest BCUT2D eigenvalue weighted by atomic mass is 10.1. The monoisotopic (exact) mass is 290 g/mol. The Morgan fingerprint density at radius 3 is 2.75 bits per heavy atom. The van der Waals surface area contributed by atoms with Gasteiger partial charge >= 0.3 is 0 Å². The number of nitrogens with two attached hydrogens (primary N) is 1. The quantitative estimate of drug-likeness (QED) is 0.827. The van der Waals surface area contributed by atoms with Crippen molar-refractivity contribution < 1.29 is 4.39 Å². The van der Waals surface area contributed by atoms with Crippen molar-refractivity contribution in [2.75, 3.05) is 11.9 Å². The first-order chi connectivity index (χ1) is 9.56. The van der Waals surface area contributed by atoms with Crippen LogP contribution in [-0.4, -0.2) is 21.5 Å². The summed E-state index contributed by atoms with van der Waals surface area (Å²) < 4.78 is 13.0. The molecule has 0 saturated heterocycles. The van der Waals surface area contributed by atoms with Crippen molar-refractivity contribution in [2.45, 2.75) is 13.3 Å². The highest BCUT2D eigenvalue weighted by Gasteiger charge is 2.02. The zero-order valence-electron chi connectivity index (χ0n) is 11.1. The van der Waals surface area contributed by atoms with Gasteiger partial charge in [-0.25, -0.2) is 14.4 Å². The van der Waals surface area contributed by atoms with Crippen LogP contribution >= 0.6 is 12.2 Å². The highest BCUT2D eigenvalue weighted by molar-refractivity contribution is 7.80. The molecule has 3 N–H and O–H groups in total. The molecule has 4 nitrogen and oxygen atoms in total. The Bertz CT molecular complexity index is 613. The molecule has 2 aromatic rings. The minimum absolute atomic E-state index is 0.210. The molecule has 0 aliphatic carbocycles. The van der Waals surface area contributed by atoms with Gasteiger partial charge in [-0.2, -0.15) is 0 Å². The summed E-state index contributed by atoms with van der Waals surface area (Å²) in [6.07, 6.45) is 3.91. The smallest absolute Gasteiger partial charge is 0.144 e. The number of halogens is 1. The zero-order chi connectivity index (χ0) is 14.5. The molecule has 0 aliphatic rings. The van der Waals surface area contributed by atoms with Gasteiger partial charge in [0, 0.05) is 6.54 Å². The van der Waals surface area contributed by atoms with Crippen LogP contribution in [0, 0.1) is 12.7 Å². The van der Waals surface area contributed by atoms with E-state index in [0.717, 1.165) is 17.5 Å². The van der Waals surface area contributed by atoms with Crippen molar-refractivity contribution >= 4 is 23.0 Å². The second-order valence-electron chi connectivity index (χ2n) is 4.40. The molecule has 0 saturated carbocycles. The van der Waals surface area contributed by atoms with Gasteiger partial charge in [0.05, 0.1) is 12.4 Å². The normalized spacial score (nSPS) is 10.3. The standard InChI is InChI=1S/C14H15FN4S/c1-9-6-11(15)3-2-10(9)4-5-17-13-8-18-12(7-19-13)14(16)20/h2-3,6-8H,4-5H2,1H3,(H2,16,20)(H,17,19). The Labute approximate surface area is 122 Å². The maximum Gasteiger partial charge on any atom is 0.144 e. The molecule has 0 amide bonds. The molecule has 0 atom stereocenters. The third-order valence-corrected chi connectivity index (χ3v) is 3.12. The highest BCUT2D eigenvalue weighted by atomic mass is 32.1. The number of thiocarbonyl (C=S) groups is 1. The van der Waals surface area contributed by atoms with Crippen molar-refractivity contribution in [3.63, 3.8) is 0 Å². The molecule has 20 heavy (non-hydrogen) atoms. The summed E-state index contributed by atoms with van der Waals surface area (Å²) in [7, 11) is 0. The van der Waals surface area contributed by atoms with Crippen molar-refractivity contribution in [1.29, 1.82) is 0 Å². The summed E-state index contributed by atoms with van der Waals surface area (Å²) in [5.74, 6) is 0.447. The maximum atomic E-state index is 13.0. The van der Waals surface area contributed by atoms with E-state index in [1.54, 1.807) is 12.3 Å². The Balaban J connectivity index is 1.91. The Kier molecular flexibility index (Phi) is 4.57. The van der Waals surface area contributed by atoms with Crippen LogP contribution in [0.5, 0.6) is 0 Å². The molecule has 1 aromatic carbocycles. The number of rotatable bonds is 5. The number of anilines is 1. The highest BCUT2D eigenvalue weighted by Crippen LogP contribution is 2.11. The van der Waals surface area contributed by atoms with E-state index >= 15 is 0 Å². The predicted molar refractivity (Wildman–Crippen MR) is 81.3 cm³/mol. The van der Waals surface area contributed by atoms with E-state index in [9.17, 15) is 4.39 Å². The molecule has 2 rings (SSSR count). The Hall–Kier alpha value is -2.08. The third-order valence-electron chi connectivity index (χ3n) is 2.91. The van der Waals surface area contributed by atoms with Crippen LogP contribution in [0.3, 0.4) is 0 Å². The van der Waals surface area contributed by atoms with Gasteiger partial charge in [-0.3, -0.25) is 0 Å². The van der Waals surface area contributed by atoms with Gasteiger partial charge in [0.15, 0.2) is 0 Å². The SMILES string of the molecule is Cc1cc(F)ccc1CCNc1cnc(C(N)=S)cn1. The number of aromatic nitrogens is 2. The summed E-state index contributed by atoms with van der Waals surface area (Å²) in [6.45, 7) is 2.59. The van der Waals surface area contributed by atoms with Crippen LogP contribution in [0.15, 0.2) is 30.6 Å². The number of nitrogens with one attached hydrogen (secondary N) is 1. The summed E-state index contributed by atoms with van der Waals surface area (Å²) in [5, 5.41) is 3.15. The molecule has 0 unspecified atom stereocenters. The van der Waals surface area contributed by atoms with Gasteiger partial charge in [-0.15, -0.1) is 0 Å². The van der Waals surface area contributed by atoms with Crippen LogP contribution in [0.1, 0.15) is 16.8 Å². The Morgan fingerprint density at radius 1 is 1.35 bits per heavy atom. The summed E-state index contributed by atoms with van der Waals surface area (Å²) in [6, 6.07) is 4.80. The number of benzene rings is 1. The van der Waals surface area contributed by atoms with E-state index in [2.05, 4.69) is 15.3 Å². The molecule has 0 fully saturated rings. The van der Waals surface area contributed by atoms with E-state index in [4.69, 9.17) is 18.0 Å². The van der Waals surface area contributed by atoms with Gasteiger partial charge in [-0.1, -0.05) is 18.3 Å². The molecule has 1 heterocycles. The van der Waals surface area contributed by atoms with E-state index in [1.807, 2.05) is 6.92 Å². The van der Waals surface area contributed by atoms with Crippen molar-refractivity contribution in [2.24, 2.45) is 5.73 Å². The first-order valence-electron chi connectivity index (χ1n) is 6.17. The van der Waals surface area contributed by atoms with Gasteiger partial charge in [0.1, 0.15) is 22.3 Å². The summed E-state index contributed by atoms with van der Waals surface area (Å²) >= 11 is 4.81. The van der Waals surface area contributed by atoms with Gasteiger partial charge in [0.25, 0.3) is 0 Å². The molecule has 6 heteroatoms. The largest absolute Gasteiger partial charge is 0.388 e. The average Bonchev–Trinajstić information content (AvgIpc) is 2.42. The minimum Gasteiger partial charge on any atom is -0.388 e. The van der Waals surface area contributed by atoms with Crippen LogP contribution in [0.2, 0.25) is 0 Å². The molecule has 0 aliphatic heterocycles. The third kappa shape index (κ3) is 3.71. The van der Waals surface area contributed by atoms with Gasteiger partial charge < -0.3 is 11.1 Å². The van der Waals surface area contributed by atoms with Crippen LogP contribution in [-0.2, 0) is 6.42 Å². The lowest BCUT2D eigenvalue weighted by Gasteiger charge is -2.08. The van der Waals surface area contributed by atoms with Crippen LogP contribution in [0.25, 0.3) is 0 Å². The van der Waals surface area contributed by atoms with Crippen molar-refractivity contribution in [1.82, 2.24) is 9.97 Å². The zero-order valence-corrected chi connectivity index (χ0v) is 11.9. The molecular formula is C14H15FN4S. The first kappa shape index (κ1) is 14.3. The fourth-order valence-corrected chi connectivity index (χ4v) is 1.92. The fraction of sp³-hybridized carbons (Fsp3) is 0.214. The van der Waals surface area contributed by atoms with E-state index in [1.165, 1.54) is 18.3 Å². The lowest BCUT2D eigenvalue weighted by Crippen LogP contribution is -2.13. The first-order valence-corrected chi connectivity index (χ1v) is 6.58. The van der Waals surface area contributed by atoms with E-state index in [-0.39, 0.29) is 10.8 Å².